The fourth-order valence-corrected chi connectivity index (χ4v) is 5.05. The molecular formula is C23H28N6O2. The molecule has 1 aromatic carbocycles. The maximum Gasteiger partial charge on any atom is 0.257 e. The zero-order valence-electron chi connectivity index (χ0n) is 18.3. The minimum Gasteiger partial charge on any atom is -0.339 e. The van der Waals surface area contributed by atoms with Crippen LogP contribution in [-0.2, 0) is 7.05 Å². The Bertz CT molecular complexity index is 1080. The van der Waals surface area contributed by atoms with Gasteiger partial charge >= 0.3 is 0 Å². The number of hydrogen-bond donors (Lipinski definition) is 0. The predicted molar refractivity (Wildman–Crippen MR) is 115 cm³/mol. The van der Waals surface area contributed by atoms with E-state index >= 15 is 0 Å². The molecule has 1 spiro atoms. The third-order valence-electron chi connectivity index (χ3n) is 7.08. The third-order valence-corrected chi connectivity index (χ3v) is 7.08. The van der Waals surface area contributed by atoms with Gasteiger partial charge in [-0.25, -0.2) is 0 Å². The van der Waals surface area contributed by atoms with Crippen LogP contribution in [0, 0.1) is 12.3 Å². The zero-order valence-corrected chi connectivity index (χ0v) is 18.3. The van der Waals surface area contributed by atoms with E-state index in [0.29, 0.717) is 11.5 Å². The van der Waals surface area contributed by atoms with Crippen molar-refractivity contribution in [3.05, 3.63) is 53.6 Å². The number of likely N-dealkylation sites (tertiary alicyclic amines) is 2. The van der Waals surface area contributed by atoms with Crippen LogP contribution in [0.15, 0.2) is 41.1 Å². The molecule has 1 unspecified atom stereocenters. The molecule has 162 valence electrons. The minimum absolute atomic E-state index is 0.0917. The van der Waals surface area contributed by atoms with E-state index < -0.39 is 0 Å². The Hall–Kier alpha value is -3.00. The number of aryl methyl sites for hydroxylation is 1. The molecule has 0 N–H and O–H groups in total. The molecule has 0 aliphatic carbocycles. The molecule has 0 bridgehead atoms. The second-order valence-corrected chi connectivity index (χ2v) is 9.02. The van der Waals surface area contributed by atoms with E-state index in [-0.39, 0.29) is 17.4 Å². The number of hydrogen-bond acceptors (Lipinski definition) is 6. The minimum atomic E-state index is 0.0917. The van der Waals surface area contributed by atoms with Crippen molar-refractivity contribution in [1.29, 1.82) is 0 Å². The first-order valence-corrected chi connectivity index (χ1v) is 10.8. The molecule has 2 aliphatic rings. The molecule has 3 aromatic rings. The van der Waals surface area contributed by atoms with Gasteiger partial charge in [0.1, 0.15) is 0 Å². The molecule has 8 nitrogen and oxygen atoms in total. The first-order valence-electron chi connectivity index (χ1n) is 10.8. The molecule has 31 heavy (non-hydrogen) atoms. The average molecular weight is 421 g/mol. The summed E-state index contributed by atoms with van der Waals surface area (Å²) >= 11 is 0. The lowest BCUT2D eigenvalue weighted by Gasteiger charge is -2.39. The van der Waals surface area contributed by atoms with E-state index in [1.165, 1.54) is 0 Å². The van der Waals surface area contributed by atoms with Gasteiger partial charge in [0.2, 0.25) is 0 Å². The lowest BCUT2D eigenvalue weighted by atomic mass is 9.76. The van der Waals surface area contributed by atoms with Gasteiger partial charge < -0.3 is 9.42 Å². The molecule has 2 fully saturated rings. The summed E-state index contributed by atoms with van der Waals surface area (Å²) in [6, 6.07) is 10.0. The number of carbonyl (C=O) groups excluding carboxylic acids is 1. The number of carbonyl (C=O) groups is 1. The maximum atomic E-state index is 13.0. The average Bonchev–Trinajstić information content (AvgIpc) is 3.48. The van der Waals surface area contributed by atoms with Crippen molar-refractivity contribution in [3.63, 3.8) is 0 Å². The quantitative estimate of drug-likeness (QED) is 0.648. The van der Waals surface area contributed by atoms with Crippen molar-refractivity contribution in [1.82, 2.24) is 29.7 Å². The van der Waals surface area contributed by atoms with E-state index in [1.54, 1.807) is 10.9 Å². The van der Waals surface area contributed by atoms with E-state index in [1.807, 2.05) is 49.2 Å². The van der Waals surface area contributed by atoms with Gasteiger partial charge in [-0.2, -0.15) is 10.1 Å². The van der Waals surface area contributed by atoms with Crippen LogP contribution in [0.4, 0.5) is 0 Å². The topological polar surface area (TPSA) is 80.3 Å². The lowest BCUT2D eigenvalue weighted by Crippen LogP contribution is -2.44. The van der Waals surface area contributed by atoms with Crippen molar-refractivity contribution in [2.75, 3.05) is 26.7 Å². The van der Waals surface area contributed by atoms with E-state index in [2.05, 4.69) is 22.2 Å². The summed E-state index contributed by atoms with van der Waals surface area (Å²) in [6.45, 7) is 4.47. The van der Waals surface area contributed by atoms with E-state index in [0.717, 1.165) is 56.0 Å². The molecule has 8 heteroatoms. The van der Waals surface area contributed by atoms with E-state index in [9.17, 15) is 4.79 Å². The third kappa shape index (κ3) is 3.54. The van der Waals surface area contributed by atoms with Crippen molar-refractivity contribution in [2.24, 2.45) is 12.5 Å². The molecule has 2 aliphatic heterocycles. The molecule has 5 rings (SSSR count). The lowest BCUT2D eigenvalue weighted by molar-refractivity contribution is 0.0592. The van der Waals surface area contributed by atoms with Gasteiger partial charge in [0.05, 0.1) is 17.8 Å². The molecule has 0 radical (unpaired) electrons. The molecule has 4 heterocycles. The summed E-state index contributed by atoms with van der Waals surface area (Å²) in [6.07, 6.45) is 4.65. The van der Waals surface area contributed by atoms with Gasteiger partial charge in [-0.05, 0) is 50.8 Å². The predicted octanol–water partition coefficient (Wildman–Crippen LogP) is 3.08. The Balaban J connectivity index is 1.26. The summed E-state index contributed by atoms with van der Waals surface area (Å²) in [7, 11) is 4.00. The maximum absolute atomic E-state index is 13.0. The molecule has 1 amide bonds. The van der Waals surface area contributed by atoms with Crippen LogP contribution in [0.3, 0.4) is 0 Å². The summed E-state index contributed by atoms with van der Waals surface area (Å²) in [5.74, 6) is 1.41. The Morgan fingerprint density at radius 1 is 1.16 bits per heavy atom. The van der Waals surface area contributed by atoms with Crippen LogP contribution >= 0.6 is 0 Å². The SMILES string of the molecule is Cc1c(C(=O)N2CCC3(CC2)CC(c2noc(-c4ccccc4)n2)N(C)C3)cnn1C. The molecular weight excluding hydrogens is 392 g/mol. The fourth-order valence-electron chi connectivity index (χ4n) is 5.05. The van der Waals surface area contributed by atoms with Gasteiger partial charge in [-0.15, -0.1) is 0 Å². The Morgan fingerprint density at radius 3 is 2.58 bits per heavy atom. The van der Waals surface area contributed by atoms with Crippen LogP contribution in [0.2, 0.25) is 0 Å². The van der Waals surface area contributed by atoms with Crippen molar-refractivity contribution < 1.29 is 9.32 Å². The highest BCUT2D eigenvalue weighted by atomic mass is 16.5. The van der Waals surface area contributed by atoms with Crippen LogP contribution in [-0.4, -0.2) is 62.3 Å². The normalized spacial score (nSPS) is 21.1. The van der Waals surface area contributed by atoms with E-state index in [4.69, 9.17) is 9.51 Å². The van der Waals surface area contributed by atoms with Crippen LogP contribution in [0.5, 0.6) is 0 Å². The molecule has 1 atom stereocenters. The first-order chi connectivity index (χ1) is 15.0. The Kier molecular flexibility index (Phi) is 4.89. The second kappa shape index (κ2) is 7.60. The van der Waals surface area contributed by atoms with Gasteiger partial charge in [0, 0.05) is 37.9 Å². The van der Waals surface area contributed by atoms with Gasteiger partial charge in [0.15, 0.2) is 5.82 Å². The highest BCUT2D eigenvalue weighted by Gasteiger charge is 2.46. The summed E-state index contributed by atoms with van der Waals surface area (Å²) in [5.41, 5.74) is 2.75. The number of amides is 1. The highest BCUT2D eigenvalue weighted by Crippen LogP contribution is 2.48. The first kappa shape index (κ1) is 19.9. The van der Waals surface area contributed by atoms with Crippen LogP contribution in [0.1, 0.15) is 47.2 Å². The number of rotatable bonds is 3. The molecule has 2 saturated heterocycles. The fraction of sp³-hybridized carbons (Fsp3) is 0.478. The largest absolute Gasteiger partial charge is 0.339 e. The monoisotopic (exact) mass is 420 g/mol. The Labute approximate surface area is 181 Å². The van der Waals surface area contributed by atoms with Crippen molar-refractivity contribution in [3.8, 4) is 11.5 Å². The molecule has 2 aromatic heterocycles. The van der Waals surface area contributed by atoms with Crippen molar-refractivity contribution in [2.45, 2.75) is 32.2 Å². The smallest absolute Gasteiger partial charge is 0.257 e. The number of piperidine rings is 1. The van der Waals surface area contributed by atoms with Crippen LogP contribution < -0.4 is 0 Å². The Morgan fingerprint density at radius 2 is 1.90 bits per heavy atom. The number of aromatic nitrogens is 4. The van der Waals surface area contributed by atoms with Crippen molar-refractivity contribution >= 4 is 5.91 Å². The standard InChI is InChI=1S/C23H28N6O2/c1-16-18(14-24-28(16)3)22(30)29-11-9-23(10-12-29)13-19(27(2)15-23)20-25-21(31-26-20)17-7-5-4-6-8-17/h4-8,14,19H,9-13,15H2,1-3H3. The number of benzene rings is 1. The van der Waals surface area contributed by atoms with Crippen LogP contribution in [0.25, 0.3) is 11.5 Å². The van der Waals surface area contributed by atoms with Gasteiger partial charge in [-0.3, -0.25) is 14.4 Å². The zero-order chi connectivity index (χ0) is 21.6. The summed E-state index contributed by atoms with van der Waals surface area (Å²) < 4.78 is 7.30. The highest BCUT2D eigenvalue weighted by molar-refractivity contribution is 5.95. The second-order valence-electron chi connectivity index (χ2n) is 9.02. The summed E-state index contributed by atoms with van der Waals surface area (Å²) in [5, 5.41) is 8.52. The van der Waals surface area contributed by atoms with Gasteiger partial charge in [-0.1, -0.05) is 23.4 Å². The number of nitrogens with zero attached hydrogens (tertiary/aromatic N) is 6. The summed E-state index contributed by atoms with van der Waals surface area (Å²) in [4.78, 5) is 22.0. The van der Waals surface area contributed by atoms with Gasteiger partial charge in [0.25, 0.3) is 11.8 Å². The molecule has 0 saturated carbocycles.